The molecule has 1 heterocycles. The normalized spacial score (nSPS) is 30.9. The first-order chi connectivity index (χ1) is 7.92. The molecule has 1 N–H and O–H groups in total. The Morgan fingerprint density at radius 1 is 1.06 bits per heavy atom. The number of hydrogen-bond donors (Lipinski definition) is 1. The van der Waals surface area contributed by atoms with Crippen LogP contribution in [0.25, 0.3) is 0 Å². The Kier molecular flexibility index (Phi) is 4.43. The fourth-order valence-electron chi connectivity index (χ4n) is 3.03. The van der Waals surface area contributed by atoms with Crippen LogP contribution in [0, 0.1) is 11.8 Å². The molecule has 0 aromatic heterocycles. The van der Waals surface area contributed by atoms with Crippen LogP contribution in [-0.4, -0.2) is 19.2 Å². The molecule has 1 saturated heterocycles. The van der Waals surface area contributed by atoms with Gasteiger partial charge >= 0.3 is 0 Å². The van der Waals surface area contributed by atoms with E-state index < -0.39 is 0 Å². The number of halogens is 1. The molecule has 0 bridgehead atoms. The molecular formula is C14H20ClNO. The van der Waals surface area contributed by atoms with E-state index in [-0.39, 0.29) is 12.4 Å². The molecule has 17 heavy (non-hydrogen) atoms. The zero-order valence-corrected chi connectivity index (χ0v) is 10.8. The summed E-state index contributed by atoms with van der Waals surface area (Å²) in [6.07, 6.45) is 3.01. The van der Waals surface area contributed by atoms with Crippen molar-refractivity contribution >= 4 is 12.4 Å². The van der Waals surface area contributed by atoms with Crippen molar-refractivity contribution in [3.8, 4) is 0 Å². The first-order valence-electron chi connectivity index (χ1n) is 6.28. The summed E-state index contributed by atoms with van der Waals surface area (Å²) in [5.74, 6) is 1.75. The molecule has 0 radical (unpaired) electrons. The minimum atomic E-state index is 0. The Labute approximate surface area is 109 Å². The molecule has 0 spiro atoms. The van der Waals surface area contributed by atoms with Gasteiger partial charge in [-0.1, -0.05) is 30.3 Å². The number of hydrogen-bond acceptors (Lipinski definition) is 2. The second-order valence-corrected chi connectivity index (χ2v) is 5.07. The van der Waals surface area contributed by atoms with Crippen molar-refractivity contribution in [3.63, 3.8) is 0 Å². The van der Waals surface area contributed by atoms with Gasteiger partial charge in [-0.05, 0) is 43.3 Å². The summed E-state index contributed by atoms with van der Waals surface area (Å²) in [4.78, 5) is 0. The van der Waals surface area contributed by atoms with Gasteiger partial charge in [0.2, 0.25) is 0 Å². The lowest BCUT2D eigenvalue weighted by Gasteiger charge is -2.12. The smallest absolute Gasteiger partial charge is 0.0720 e. The van der Waals surface area contributed by atoms with Crippen molar-refractivity contribution in [2.24, 2.45) is 11.8 Å². The maximum atomic E-state index is 6.00. The summed E-state index contributed by atoms with van der Waals surface area (Å²) in [6.45, 7) is 3.18. The second-order valence-electron chi connectivity index (χ2n) is 5.07. The monoisotopic (exact) mass is 253 g/mol. The summed E-state index contributed by atoms with van der Waals surface area (Å²) in [6, 6.07) is 10.5. The molecule has 0 amide bonds. The van der Waals surface area contributed by atoms with Gasteiger partial charge in [-0.2, -0.15) is 0 Å². The zero-order valence-electron chi connectivity index (χ0n) is 9.97. The van der Waals surface area contributed by atoms with Gasteiger partial charge in [0.05, 0.1) is 12.7 Å². The Balaban J connectivity index is 0.00000108. The lowest BCUT2D eigenvalue weighted by molar-refractivity contribution is 0.0404. The van der Waals surface area contributed by atoms with E-state index in [4.69, 9.17) is 4.74 Å². The van der Waals surface area contributed by atoms with Crippen LogP contribution in [0.4, 0.5) is 0 Å². The molecule has 94 valence electrons. The average Bonchev–Trinajstić information content (AvgIpc) is 2.88. The fourth-order valence-corrected chi connectivity index (χ4v) is 3.03. The van der Waals surface area contributed by atoms with Crippen LogP contribution in [-0.2, 0) is 11.3 Å². The molecule has 1 aromatic carbocycles. The first kappa shape index (κ1) is 12.9. The summed E-state index contributed by atoms with van der Waals surface area (Å²) in [5.41, 5.74) is 1.29. The molecule has 3 heteroatoms. The minimum absolute atomic E-state index is 0. The largest absolute Gasteiger partial charge is 0.374 e. The Bertz CT molecular complexity index is 331. The van der Waals surface area contributed by atoms with E-state index in [1.807, 2.05) is 0 Å². The summed E-state index contributed by atoms with van der Waals surface area (Å²) < 4.78 is 6.00. The van der Waals surface area contributed by atoms with Crippen LogP contribution in [0.5, 0.6) is 0 Å². The van der Waals surface area contributed by atoms with Crippen molar-refractivity contribution in [2.45, 2.75) is 25.6 Å². The molecule has 2 atom stereocenters. The van der Waals surface area contributed by atoms with Crippen LogP contribution in [0.3, 0.4) is 0 Å². The van der Waals surface area contributed by atoms with Crippen molar-refractivity contribution < 1.29 is 4.74 Å². The molecule has 1 saturated carbocycles. The molecule has 1 aromatic rings. The maximum Gasteiger partial charge on any atom is 0.0720 e. The van der Waals surface area contributed by atoms with Crippen LogP contribution < -0.4 is 5.32 Å². The van der Waals surface area contributed by atoms with Crippen molar-refractivity contribution in [1.29, 1.82) is 0 Å². The molecule has 1 aliphatic heterocycles. The van der Waals surface area contributed by atoms with Gasteiger partial charge in [0, 0.05) is 0 Å². The number of fused-ring (bicyclic) bond motifs is 1. The Morgan fingerprint density at radius 2 is 1.71 bits per heavy atom. The zero-order chi connectivity index (χ0) is 10.8. The number of benzene rings is 1. The van der Waals surface area contributed by atoms with E-state index in [0.717, 1.165) is 18.4 Å². The number of ether oxygens (including phenoxy) is 1. The van der Waals surface area contributed by atoms with E-state index in [1.54, 1.807) is 0 Å². The molecular weight excluding hydrogens is 234 g/mol. The number of rotatable bonds is 3. The highest BCUT2D eigenvalue weighted by Gasteiger charge is 2.37. The van der Waals surface area contributed by atoms with Gasteiger partial charge in [-0.15, -0.1) is 12.4 Å². The van der Waals surface area contributed by atoms with Gasteiger partial charge in [0.25, 0.3) is 0 Å². The van der Waals surface area contributed by atoms with Crippen LogP contribution in [0.2, 0.25) is 0 Å². The third-order valence-corrected chi connectivity index (χ3v) is 3.94. The Morgan fingerprint density at radius 3 is 2.35 bits per heavy atom. The lowest BCUT2D eigenvalue weighted by Crippen LogP contribution is -2.16. The van der Waals surface area contributed by atoms with Crippen molar-refractivity contribution in [3.05, 3.63) is 35.9 Å². The van der Waals surface area contributed by atoms with Gasteiger partial charge in [0.15, 0.2) is 0 Å². The molecule has 2 fully saturated rings. The van der Waals surface area contributed by atoms with Gasteiger partial charge in [-0.25, -0.2) is 0 Å². The second kappa shape index (κ2) is 5.85. The summed E-state index contributed by atoms with van der Waals surface area (Å²) in [7, 11) is 0. The highest BCUT2D eigenvalue weighted by Crippen LogP contribution is 2.36. The standard InChI is InChI=1S/C14H19NO.ClH/c1-2-4-11(5-3-1)10-16-14-6-12-8-15-9-13(12)7-14;/h1-5,12-15H,6-10H2;1H. The van der Waals surface area contributed by atoms with E-state index in [0.29, 0.717) is 6.10 Å². The minimum Gasteiger partial charge on any atom is -0.374 e. The highest BCUT2D eigenvalue weighted by molar-refractivity contribution is 5.85. The summed E-state index contributed by atoms with van der Waals surface area (Å²) >= 11 is 0. The van der Waals surface area contributed by atoms with Crippen molar-refractivity contribution in [2.75, 3.05) is 13.1 Å². The molecule has 2 nitrogen and oxygen atoms in total. The van der Waals surface area contributed by atoms with Crippen molar-refractivity contribution in [1.82, 2.24) is 5.32 Å². The van der Waals surface area contributed by atoms with Gasteiger partial charge in [-0.3, -0.25) is 0 Å². The predicted molar refractivity (Wildman–Crippen MR) is 71.4 cm³/mol. The Hall–Kier alpha value is -0.570. The van der Waals surface area contributed by atoms with Gasteiger partial charge < -0.3 is 10.1 Å². The maximum absolute atomic E-state index is 6.00. The molecule has 1 aliphatic carbocycles. The fraction of sp³-hybridized carbons (Fsp3) is 0.571. The van der Waals surface area contributed by atoms with E-state index >= 15 is 0 Å². The van der Waals surface area contributed by atoms with Gasteiger partial charge in [0.1, 0.15) is 0 Å². The first-order valence-corrected chi connectivity index (χ1v) is 6.28. The predicted octanol–water partition coefficient (Wildman–Crippen LogP) is 2.62. The highest BCUT2D eigenvalue weighted by atomic mass is 35.5. The lowest BCUT2D eigenvalue weighted by atomic mass is 10.0. The number of nitrogens with one attached hydrogen (secondary N) is 1. The van der Waals surface area contributed by atoms with Crippen LogP contribution in [0.15, 0.2) is 30.3 Å². The molecule has 2 unspecified atom stereocenters. The topological polar surface area (TPSA) is 21.3 Å². The van der Waals surface area contributed by atoms with Crippen LogP contribution >= 0.6 is 12.4 Å². The SMILES string of the molecule is Cl.c1ccc(COC2CC3CNCC3C2)cc1. The van der Waals surface area contributed by atoms with E-state index in [1.165, 1.54) is 31.5 Å². The van der Waals surface area contributed by atoms with Crippen LogP contribution in [0.1, 0.15) is 18.4 Å². The van der Waals surface area contributed by atoms with E-state index in [2.05, 4.69) is 35.6 Å². The average molecular weight is 254 g/mol. The molecule has 2 aliphatic rings. The molecule has 3 rings (SSSR count). The van der Waals surface area contributed by atoms with E-state index in [9.17, 15) is 0 Å². The third-order valence-electron chi connectivity index (χ3n) is 3.94. The quantitative estimate of drug-likeness (QED) is 0.894. The summed E-state index contributed by atoms with van der Waals surface area (Å²) in [5, 5.41) is 3.46. The third kappa shape index (κ3) is 3.01.